The molecule has 0 amide bonds. The van der Waals surface area contributed by atoms with E-state index in [-0.39, 0.29) is 23.4 Å². The lowest BCUT2D eigenvalue weighted by Gasteiger charge is -2.26. The Bertz CT molecular complexity index is 675. The fourth-order valence-corrected chi connectivity index (χ4v) is 2.40. The second kappa shape index (κ2) is 4.83. The maximum absolute atomic E-state index is 13.3. The van der Waals surface area contributed by atoms with Gasteiger partial charge in [-0.2, -0.15) is 14.4 Å². The van der Waals surface area contributed by atoms with Crippen LogP contribution in [-0.2, 0) is 4.74 Å². The summed E-state index contributed by atoms with van der Waals surface area (Å²) >= 11 is 0. The number of nitrogen functional groups attached to an aromatic ring is 1. The minimum Gasteiger partial charge on any atom is -0.393 e. The molecule has 114 valence electrons. The number of hydrogen-bond donors (Lipinski definition) is 3. The van der Waals surface area contributed by atoms with E-state index in [4.69, 9.17) is 10.5 Å². The monoisotopic (exact) mass is 301 g/mol. The quantitative estimate of drug-likeness (QED) is 0.655. The van der Waals surface area contributed by atoms with Gasteiger partial charge in [-0.3, -0.25) is 4.57 Å². The molecule has 0 aliphatic carbocycles. The summed E-state index contributed by atoms with van der Waals surface area (Å²) in [5, 5.41) is 19.1. The predicted molar refractivity (Wildman–Crippen MR) is 66.2 cm³/mol. The molecule has 2 aromatic heterocycles. The van der Waals surface area contributed by atoms with E-state index in [9.17, 15) is 19.0 Å². The van der Waals surface area contributed by atoms with Crippen LogP contribution in [0.3, 0.4) is 0 Å². The van der Waals surface area contributed by atoms with Gasteiger partial charge in [-0.25, -0.2) is 9.37 Å². The maximum Gasteiger partial charge on any atom is 0.312 e. The number of nitrogens with zero attached hydrogens (tertiary/aromatic N) is 4. The van der Waals surface area contributed by atoms with E-state index in [1.165, 1.54) is 10.9 Å². The average molecular weight is 301 g/mol. The Hall–Kier alpha value is -1.91. The molecule has 4 N–H and O–H groups in total. The Labute approximate surface area is 117 Å². The Morgan fingerprint density at radius 2 is 2.29 bits per heavy atom. The van der Waals surface area contributed by atoms with Crippen LogP contribution in [0.25, 0.3) is 11.2 Å². The fraction of sp³-hybridized carbons (Fsp3) is 0.545. The van der Waals surface area contributed by atoms with Crippen molar-refractivity contribution in [2.24, 2.45) is 0 Å². The molecule has 10 heteroatoms. The molecule has 0 saturated carbocycles. The van der Waals surface area contributed by atoms with Gasteiger partial charge in [0, 0.05) is 6.42 Å². The number of alkyl halides is 1. The zero-order valence-corrected chi connectivity index (χ0v) is 10.8. The van der Waals surface area contributed by atoms with Crippen molar-refractivity contribution in [1.29, 1.82) is 0 Å². The van der Waals surface area contributed by atoms with Crippen molar-refractivity contribution in [3.63, 3.8) is 0 Å². The molecule has 2 aromatic rings. The summed E-state index contributed by atoms with van der Waals surface area (Å²) in [7, 11) is 0. The van der Waals surface area contributed by atoms with Gasteiger partial charge in [-0.05, 0) is 0 Å². The molecule has 1 aliphatic rings. The zero-order chi connectivity index (χ0) is 15.2. The normalized spacial score (nSPS) is 29.3. The first-order valence-corrected chi connectivity index (χ1v) is 6.19. The van der Waals surface area contributed by atoms with E-state index in [1.807, 2.05) is 0 Å². The molecule has 0 bridgehead atoms. The highest BCUT2D eigenvalue weighted by molar-refractivity contribution is 5.81. The van der Waals surface area contributed by atoms with Crippen LogP contribution in [0.4, 0.5) is 14.6 Å². The number of rotatable bonds is 3. The average Bonchev–Trinajstić information content (AvgIpc) is 3.00. The van der Waals surface area contributed by atoms with Gasteiger partial charge in [0.15, 0.2) is 17.0 Å². The van der Waals surface area contributed by atoms with Gasteiger partial charge in [0.2, 0.25) is 0 Å². The number of hydrogen-bond acceptors (Lipinski definition) is 7. The first-order valence-electron chi connectivity index (χ1n) is 6.19. The van der Waals surface area contributed by atoms with Crippen molar-refractivity contribution in [2.75, 3.05) is 19.0 Å². The molecule has 3 atom stereocenters. The highest BCUT2D eigenvalue weighted by Gasteiger charge is 2.49. The number of anilines is 1. The van der Waals surface area contributed by atoms with Crippen LogP contribution in [-0.4, -0.2) is 54.7 Å². The summed E-state index contributed by atoms with van der Waals surface area (Å²) < 4.78 is 33.1. The highest BCUT2D eigenvalue weighted by Crippen LogP contribution is 2.38. The topological polar surface area (TPSA) is 119 Å². The van der Waals surface area contributed by atoms with Gasteiger partial charge < -0.3 is 20.7 Å². The SMILES string of the molecule is Nc1nc(F)nc2c1ncn2[C@H]1C[C@H](O)[C@](CO)(CF)O1. The lowest BCUT2D eigenvalue weighted by atomic mass is 10.00. The molecule has 1 saturated heterocycles. The van der Waals surface area contributed by atoms with E-state index in [1.54, 1.807) is 0 Å². The van der Waals surface area contributed by atoms with Gasteiger partial charge in [0.25, 0.3) is 0 Å². The van der Waals surface area contributed by atoms with E-state index < -0.39 is 37.3 Å². The smallest absolute Gasteiger partial charge is 0.312 e. The highest BCUT2D eigenvalue weighted by atomic mass is 19.1. The van der Waals surface area contributed by atoms with E-state index >= 15 is 0 Å². The molecular formula is C11H13F2N5O3. The standard InChI is InChI=1S/C11H13F2N5O3/c12-2-11(3-19)5(20)1-6(21-11)18-4-15-7-8(14)16-10(13)17-9(7)18/h4-6,19-20H,1-3H2,(H2,14,16,17)/t5-,6+,11+/m0/s1. The number of fused-ring (bicyclic) bond motifs is 1. The molecule has 0 spiro atoms. The van der Waals surface area contributed by atoms with Crippen LogP contribution in [0.5, 0.6) is 0 Å². The van der Waals surface area contributed by atoms with Crippen LogP contribution in [0, 0.1) is 6.08 Å². The molecular weight excluding hydrogens is 288 g/mol. The summed E-state index contributed by atoms with van der Waals surface area (Å²) in [6.07, 6.45) is -1.79. The number of aromatic nitrogens is 4. The fourth-order valence-electron chi connectivity index (χ4n) is 2.40. The number of imidazole rings is 1. The molecule has 1 fully saturated rings. The van der Waals surface area contributed by atoms with Crippen LogP contribution in [0.15, 0.2) is 6.33 Å². The van der Waals surface area contributed by atoms with E-state index in [2.05, 4.69) is 15.0 Å². The molecule has 3 rings (SSSR count). The van der Waals surface area contributed by atoms with Crippen LogP contribution in [0.1, 0.15) is 12.6 Å². The van der Waals surface area contributed by atoms with Crippen molar-refractivity contribution in [2.45, 2.75) is 24.4 Å². The minimum atomic E-state index is -1.70. The van der Waals surface area contributed by atoms with Crippen molar-refractivity contribution in [1.82, 2.24) is 19.5 Å². The number of halogens is 2. The zero-order valence-electron chi connectivity index (χ0n) is 10.8. The first-order chi connectivity index (χ1) is 10.0. The minimum absolute atomic E-state index is 0.00146. The molecule has 8 nitrogen and oxygen atoms in total. The van der Waals surface area contributed by atoms with Gasteiger partial charge in [-0.15, -0.1) is 0 Å². The maximum atomic E-state index is 13.3. The lowest BCUT2D eigenvalue weighted by Crippen LogP contribution is -2.45. The van der Waals surface area contributed by atoms with Crippen molar-refractivity contribution in [3.8, 4) is 0 Å². The Morgan fingerprint density at radius 1 is 1.52 bits per heavy atom. The number of aliphatic hydroxyl groups excluding tert-OH is 2. The predicted octanol–water partition coefficient (Wildman–Crippen LogP) is -0.472. The third-order valence-corrected chi connectivity index (χ3v) is 3.63. The number of nitrogens with two attached hydrogens (primary N) is 1. The molecule has 0 unspecified atom stereocenters. The van der Waals surface area contributed by atoms with Crippen LogP contribution < -0.4 is 5.73 Å². The first kappa shape index (κ1) is 14.0. The third-order valence-electron chi connectivity index (χ3n) is 3.63. The van der Waals surface area contributed by atoms with Crippen LogP contribution >= 0.6 is 0 Å². The number of aliphatic hydroxyl groups is 2. The Balaban J connectivity index is 2.03. The summed E-state index contributed by atoms with van der Waals surface area (Å²) in [6, 6.07) is 0. The third kappa shape index (κ3) is 2.03. The molecule has 0 radical (unpaired) electrons. The second-order valence-electron chi connectivity index (χ2n) is 4.88. The van der Waals surface area contributed by atoms with Gasteiger partial charge in [0.1, 0.15) is 18.5 Å². The molecule has 3 heterocycles. The van der Waals surface area contributed by atoms with Gasteiger partial charge >= 0.3 is 6.08 Å². The molecule has 1 aliphatic heterocycles. The summed E-state index contributed by atoms with van der Waals surface area (Å²) in [6.45, 7) is -1.74. The number of ether oxygens (including phenoxy) is 1. The summed E-state index contributed by atoms with van der Waals surface area (Å²) in [4.78, 5) is 10.9. The molecule has 21 heavy (non-hydrogen) atoms. The Morgan fingerprint density at radius 3 is 2.90 bits per heavy atom. The van der Waals surface area contributed by atoms with Crippen LogP contribution in [0.2, 0.25) is 0 Å². The molecule has 0 aromatic carbocycles. The van der Waals surface area contributed by atoms with Gasteiger partial charge in [0.05, 0.1) is 19.0 Å². The Kier molecular flexibility index (Phi) is 3.23. The van der Waals surface area contributed by atoms with Gasteiger partial charge in [-0.1, -0.05) is 0 Å². The van der Waals surface area contributed by atoms with Crippen molar-refractivity contribution >= 4 is 17.0 Å². The summed E-state index contributed by atoms with van der Waals surface area (Å²) in [5.74, 6) is -0.131. The largest absolute Gasteiger partial charge is 0.393 e. The van der Waals surface area contributed by atoms with Crippen molar-refractivity contribution in [3.05, 3.63) is 12.4 Å². The van der Waals surface area contributed by atoms with Crippen molar-refractivity contribution < 1.29 is 23.7 Å². The second-order valence-corrected chi connectivity index (χ2v) is 4.88. The lowest BCUT2D eigenvalue weighted by molar-refractivity contribution is -0.136. The van der Waals surface area contributed by atoms with E-state index in [0.717, 1.165) is 0 Å². The summed E-state index contributed by atoms with van der Waals surface area (Å²) in [5.41, 5.74) is 4.10. The van der Waals surface area contributed by atoms with E-state index in [0.29, 0.717) is 0 Å².